The number of pyridine rings is 1. The number of carbonyl (C=O) groups is 1. The summed E-state index contributed by atoms with van der Waals surface area (Å²) in [4.78, 5) is 21.5. The number of rotatable bonds is 5. The highest BCUT2D eigenvalue weighted by molar-refractivity contribution is 5.93. The Morgan fingerprint density at radius 1 is 1.07 bits per heavy atom. The fraction of sp³-hybridized carbons (Fsp3) is 0.217. The molecule has 0 spiro atoms. The fourth-order valence-electron chi connectivity index (χ4n) is 3.60. The zero-order valence-corrected chi connectivity index (χ0v) is 15.5. The van der Waals surface area contributed by atoms with E-state index >= 15 is 0 Å². The van der Waals surface area contributed by atoms with Gasteiger partial charge in [-0.15, -0.1) is 0 Å². The lowest BCUT2D eigenvalue weighted by atomic mass is 10.2. The smallest absolute Gasteiger partial charge is 0.272 e. The third-order valence-electron chi connectivity index (χ3n) is 5.05. The normalized spacial score (nSPS) is 12.7. The highest BCUT2D eigenvalue weighted by atomic mass is 16.2. The van der Waals surface area contributed by atoms with Crippen LogP contribution in [0.5, 0.6) is 0 Å². The Morgan fingerprint density at radius 2 is 1.85 bits per heavy atom. The Balaban J connectivity index is 1.58. The first kappa shape index (κ1) is 17.3. The Hall–Kier alpha value is -3.14. The van der Waals surface area contributed by atoms with Gasteiger partial charge in [-0.3, -0.25) is 9.78 Å². The van der Waals surface area contributed by atoms with E-state index in [0.717, 1.165) is 24.2 Å². The molecule has 0 saturated heterocycles. The van der Waals surface area contributed by atoms with Crippen LogP contribution in [0.1, 0.15) is 28.5 Å². The quantitative estimate of drug-likeness (QED) is 0.677. The molecule has 0 bridgehead atoms. The first-order valence-corrected chi connectivity index (χ1v) is 9.41. The van der Waals surface area contributed by atoms with Crippen LogP contribution in [0.15, 0.2) is 72.9 Å². The summed E-state index contributed by atoms with van der Waals surface area (Å²) >= 11 is 0. The maximum absolute atomic E-state index is 13.0. The van der Waals surface area contributed by atoms with Crippen molar-refractivity contribution in [1.29, 1.82) is 0 Å². The largest absolute Gasteiger partial charge is 0.341 e. The summed E-state index contributed by atoms with van der Waals surface area (Å²) in [7, 11) is 0. The van der Waals surface area contributed by atoms with Gasteiger partial charge in [-0.1, -0.05) is 48.5 Å². The molecule has 2 heterocycles. The van der Waals surface area contributed by atoms with E-state index in [4.69, 9.17) is 0 Å². The molecule has 27 heavy (non-hydrogen) atoms. The summed E-state index contributed by atoms with van der Waals surface area (Å²) in [5, 5.41) is 0. The lowest BCUT2D eigenvalue weighted by Gasteiger charge is -2.23. The van der Waals surface area contributed by atoms with Crippen LogP contribution in [0.3, 0.4) is 0 Å². The predicted octanol–water partition coefficient (Wildman–Crippen LogP) is 4.44. The zero-order chi connectivity index (χ0) is 18.6. The molecular weight excluding hydrogens is 334 g/mol. The summed E-state index contributed by atoms with van der Waals surface area (Å²) < 4.78 is 0. The molecule has 0 radical (unpaired) electrons. The first-order valence-electron chi connectivity index (χ1n) is 9.41. The van der Waals surface area contributed by atoms with E-state index in [0.29, 0.717) is 18.8 Å². The second kappa shape index (κ2) is 7.62. The van der Waals surface area contributed by atoms with Crippen molar-refractivity contribution in [2.45, 2.75) is 19.9 Å². The van der Waals surface area contributed by atoms with Gasteiger partial charge in [0.15, 0.2) is 0 Å². The van der Waals surface area contributed by atoms with E-state index in [2.05, 4.69) is 34.1 Å². The lowest BCUT2D eigenvalue weighted by Crippen LogP contribution is -2.31. The molecule has 0 aliphatic carbocycles. The molecule has 2 aromatic carbocycles. The molecule has 1 aliphatic rings. The van der Waals surface area contributed by atoms with Gasteiger partial charge in [0.1, 0.15) is 5.69 Å². The molecule has 0 unspecified atom stereocenters. The number of benzene rings is 2. The maximum Gasteiger partial charge on any atom is 0.272 e. The van der Waals surface area contributed by atoms with Gasteiger partial charge in [0.05, 0.1) is 0 Å². The molecule has 0 fully saturated rings. The van der Waals surface area contributed by atoms with Crippen LogP contribution in [0.2, 0.25) is 0 Å². The summed E-state index contributed by atoms with van der Waals surface area (Å²) in [6.07, 6.45) is 2.76. The molecule has 0 atom stereocenters. The minimum atomic E-state index is -0.0318. The second-order valence-electron chi connectivity index (χ2n) is 6.73. The molecule has 4 heteroatoms. The molecule has 1 amide bonds. The average molecular weight is 357 g/mol. The first-order chi connectivity index (χ1) is 13.3. The number of hydrogen-bond acceptors (Lipinski definition) is 3. The third kappa shape index (κ3) is 3.56. The van der Waals surface area contributed by atoms with E-state index < -0.39 is 0 Å². The number of anilines is 2. The van der Waals surface area contributed by atoms with Crippen LogP contribution in [-0.4, -0.2) is 28.9 Å². The van der Waals surface area contributed by atoms with Crippen LogP contribution in [0.25, 0.3) is 0 Å². The fourth-order valence-corrected chi connectivity index (χ4v) is 3.60. The predicted molar refractivity (Wildman–Crippen MR) is 108 cm³/mol. The van der Waals surface area contributed by atoms with E-state index in [1.54, 1.807) is 6.20 Å². The molecule has 136 valence electrons. The number of para-hydroxylation sites is 1. The molecule has 3 aromatic rings. The Morgan fingerprint density at radius 3 is 2.67 bits per heavy atom. The standard InChI is InChI=1S/C23H23N3O/c1-2-25(17-18-8-4-3-5-9-18)23(27)21-16-20(12-14-24-21)26-15-13-19-10-6-7-11-22(19)26/h3-12,14,16H,2,13,15,17H2,1H3. The molecule has 0 saturated carbocycles. The van der Waals surface area contributed by atoms with Crippen molar-refractivity contribution in [2.24, 2.45) is 0 Å². The highest BCUT2D eigenvalue weighted by Crippen LogP contribution is 2.34. The summed E-state index contributed by atoms with van der Waals surface area (Å²) in [5.41, 5.74) is 5.21. The van der Waals surface area contributed by atoms with Crippen LogP contribution in [0.4, 0.5) is 11.4 Å². The summed E-state index contributed by atoms with van der Waals surface area (Å²) in [6, 6.07) is 22.4. The number of amides is 1. The van der Waals surface area contributed by atoms with Gasteiger partial charge in [0, 0.05) is 37.2 Å². The van der Waals surface area contributed by atoms with Crippen molar-refractivity contribution in [3.8, 4) is 0 Å². The molecule has 1 aromatic heterocycles. The van der Waals surface area contributed by atoms with Gasteiger partial charge in [-0.05, 0) is 42.7 Å². The Kier molecular flexibility index (Phi) is 4.88. The third-order valence-corrected chi connectivity index (χ3v) is 5.05. The number of hydrogen-bond donors (Lipinski definition) is 0. The minimum Gasteiger partial charge on any atom is -0.341 e. The second-order valence-corrected chi connectivity index (χ2v) is 6.73. The van der Waals surface area contributed by atoms with Crippen molar-refractivity contribution in [3.63, 3.8) is 0 Å². The van der Waals surface area contributed by atoms with Crippen LogP contribution in [0, 0.1) is 0 Å². The number of aromatic nitrogens is 1. The molecule has 4 nitrogen and oxygen atoms in total. The van der Waals surface area contributed by atoms with Crippen molar-refractivity contribution in [1.82, 2.24) is 9.88 Å². The zero-order valence-electron chi connectivity index (χ0n) is 15.5. The van der Waals surface area contributed by atoms with Crippen molar-refractivity contribution >= 4 is 17.3 Å². The van der Waals surface area contributed by atoms with Crippen molar-refractivity contribution < 1.29 is 4.79 Å². The van der Waals surface area contributed by atoms with Gasteiger partial charge in [-0.25, -0.2) is 0 Å². The van der Waals surface area contributed by atoms with Crippen LogP contribution in [-0.2, 0) is 13.0 Å². The summed E-state index contributed by atoms with van der Waals surface area (Å²) in [6.45, 7) is 4.17. The minimum absolute atomic E-state index is 0.0318. The molecular formula is C23H23N3O. The lowest BCUT2D eigenvalue weighted by molar-refractivity contribution is 0.0746. The van der Waals surface area contributed by atoms with Crippen molar-refractivity contribution in [2.75, 3.05) is 18.0 Å². The van der Waals surface area contributed by atoms with Gasteiger partial charge in [0.25, 0.3) is 5.91 Å². The SMILES string of the molecule is CCN(Cc1ccccc1)C(=O)c1cc(N2CCc3ccccc32)ccn1. The number of nitrogens with zero attached hydrogens (tertiary/aromatic N) is 3. The van der Waals surface area contributed by atoms with Crippen LogP contribution >= 0.6 is 0 Å². The van der Waals surface area contributed by atoms with Gasteiger partial charge >= 0.3 is 0 Å². The van der Waals surface area contributed by atoms with Crippen molar-refractivity contribution in [3.05, 3.63) is 89.7 Å². The average Bonchev–Trinajstić information content (AvgIpc) is 3.16. The van der Waals surface area contributed by atoms with E-state index in [1.165, 1.54) is 11.3 Å². The summed E-state index contributed by atoms with van der Waals surface area (Å²) in [5.74, 6) is -0.0318. The van der Waals surface area contributed by atoms with Gasteiger partial charge < -0.3 is 9.80 Å². The maximum atomic E-state index is 13.0. The monoisotopic (exact) mass is 357 g/mol. The molecule has 4 rings (SSSR count). The number of carbonyl (C=O) groups excluding carboxylic acids is 1. The molecule has 0 N–H and O–H groups in total. The number of fused-ring (bicyclic) bond motifs is 1. The van der Waals surface area contributed by atoms with Gasteiger partial charge in [0.2, 0.25) is 0 Å². The Bertz CT molecular complexity index is 939. The highest BCUT2D eigenvalue weighted by Gasteiger charge is 2.22. The van der Waals surface area contributed by atoms with Crippen LogP contribution < -0.4 is 4.90 Å². The topological polar surface area (TPSA) is 36.4 Å². The van der Waals surface area contributed by atoms with E-state index in [-0.39, 0.29) is 5.91 Å². The Labute approximate surface area is 160 Å². The van der Waals surface area contributed by atoms with E-state index in [9.17, 15) is 4.79 Å². The molecule has 1 aliphatic heterocycles. The van der Waals surface area contributed by atoms with Gasteiger partial charge in [-0.2, -0.15) is 0 Å². The van der Waals surface area contributed by atoms with E-state index in [1.807, 2.05) is 54.3 Å².